The van der Waals surface area contributed by atoms with E-state index in [1.54, 1.807) is 35.6 Å². The van der Waals surface area contributed by atoms with E-state index in [1.807, 2.05) is 29.6 Å². The van der Waals surface area contributed by atoms with Crippen LogP contribution in [0.4, 0.5) is 0 Å². The molecule has 122 valence electrons. The zero-order chi connectivity index (χ0) is 16.9. The molecule has 0 radical (unpaired) electrons. The first kappa shape index (κ1) is 17.0. The summed E-state index contributed by atoms with van der Waals surface area (Å²) in [5.41, 5.74) is 2.60. The topological polar surface area (TPSA) is 42.0 Å². The number of amides is 1. The zero-order valence-electron chi connectivity index (χ0n) is 12.6. The van der Waals surface area contributed by atoms with E-state index in [4.69, 9.17) is 23.2 Å². The van der Waals surface area contributed by atoms with Crippen LogP contribution in [-0.4, -0.2) is 17.4 Å². The van der Waals surface area contributed by atoms with Crippen molar-refractivity contribution in [3.63, 3.8) is 0 Å². The van der Waals surface area contributed by atoms with Gasteiger partial charge in [-0.3, -0.25) is 4.79 Å². The standard InChI is InChI=1S/C18H14Cl2N2OS/c19-14-5-1-12(2-6-14)17(23)21-10-9-16-11-24-18(22-16)13-3-7-15(20)8-4-13/h1-8,11H,9-10H2,(H,21,23). The van der Waals surface area contributed by atoms with Gasteiger partial charge in [-0.15, -0.1) is 11.3 Å². The van der Waals surface area contributed by atoms with Crippen molar-refractivity contribution in [1.29, 1.82) is 0 Å². The summed E-state index contributed by atoms with van der Waals surface area (Å²) < 4.78 is 0. The van der Waals surface area contributed by atoms with E-state index in [1.165, 1.54) is 0 Å². The molecule has 1 N–H and O–H groups in total. The molecule has 3 nitrogen and oxygen atoms in total. The second-order valence-corrected chi connectivity index (χ2v) is 6.89. The highest BCUT2D eigenvalue weighted by Gasteiger charge is 2.07. The lowest BCUT2D eigenvalue weighted by molar-refractivity contribution is 0.0954. The van der Waals surface area contributed by atoms with Crippen LogP contribution < -0.4 is 5.32 Å². The van der Waals surface area contributed by atoms with Crippen LogP contribution in [0.15, 0.2) is 53.9 Å². The number of carbonyl (C=O) groups is 1. The molecule has 3 aromatic rings. The molecule has 0 fully saturated rings. The molecule has 24 heavy (non-hydrogen) atoms. The van der Waals surface area contributed by atoms with Crippen molar-refractivity contribution in [2.75, 3.05) is 6.54 Å². The normalized spacial score (nSPS) is 10.6. The fraction of sp³-hybridized carbons (Fsp3) is 0.111. The van der Waals surface area contributed by atoms with Gasteiger partial charge in [0.05, 0.1) is 5.69 Å². The van der Waals surface area contributed by atoms with Crippen molar-refractivity contribution in [1.82, 2.24) is 10.3 Å². The summed E-state index contributed by atoms with van der Waals surface area (Å²) >= 11 is 13.3. The first-order valence-corrected chi connectivity index (χ1v) is 8.99. The molecule has 0 saturated carbocycles. The zero-order valence-corrected chi connectivity index (χ0v) is 15.0. The van der Waals surface area contributed by atoms with Crippen LogP contribution in [-0.2, 0) is 6.42 Å². The Bertz CT molecular complexity index is 829. The van der Waals surface area contributed by atoms with Crippen LogP contribution in [0.5, 0.6) is 0 Å². The SMILES string of the molecule is O=C(NCCc1csc(-c2ccc(Cl)cc2)n1)c1ccc(Cl)cc1. The molecule has 0 atom stereocenters. The molecular weight excluding hydrogens is 363 g/mol. The Hall–Kier alpha value is -1.88. The van der Waals surface area contributed by atoms with Gasteiger partial charge in [-0.25, -0.2) is 4.98 Å². The maximum atomic E-state index is 12.0. The largest absolute Gasteiger partial charge is 0.352 e. The summed E-state index contributed by atoms with van der Waals surface area (Å²) in [6.07, 6.45) is 0.684. The highest BCUT2D eigenvalue weighted by molar-refractivity contribution is 7.13. The molecule has 0 bridgehead atoms. The van der Waals surface area contributed by atoms with Crippen molar-refractivity contribution in [3.05, 3.63) is 75.2 Å². The Morgan fingerprint density at radius 1 is 1.00 bits per heavy atom. The summed E-state index contributed by atoms with van der Waals surface area (Å²) in [5, 5.41) is 7.17. The molecule has 0 aliphatic rings. The summed E-state index contributed by atoms with van der Waals surface area (Å²) in [6, 6.07) is 14.4. The Labute approximate surface area is 154 Å². The summed E-state index contributed by atoms with van der Waals surface area (Å²) in [5.74, 6) is -0.111. The third-order valence-electron chi connectivity index (χ3n) is 3.42. The van der Waals surface area contributed by atoms with Gasteiger partial charge in [-0.1, -0.05) is 35.3 Å². The Morgan fingerprint density at radius 3 is 2.29 bits per heavy atom. The van der Waals surface area contributed by atoms with Crippen LogP contribution in [0.2, 0.25) is 10.0 Å². The van der Waals surface area contributed by atoms with Gasteiger partial charge in [0.25, 0.3) is 5.91 Å². The Kier molecular flexibility index (Phi) is 5.51. The van der Waals surface area contributed by atoms with Gasteiger partial charge < -0.3 is 5.32 Å². The minimum absolute atomic E-state index is 0.111. The van der Waals surface area contributed by atoms with Crippen molar-refractivity contribution in [2.24, 2.45) is 0 Å². The van der Waals surface area contributed by atoms with E-state index in [2.05, 4.69) is 10.3 Å². The molecule has 1 amide bonds. The van der Waals surface area contributed by atoms with Gasteiger partial charge in [0.15, 0.2) is 0 Å². The number of hydrogen-bond acceptors (Lipinski definition) is 3. The summed E-state index contributed by atoms with van der Waals surface area (Å²) in [6.45, 7) is 0.533. The van der Waals surface area contributed by atoms with Crippen LogP contribution in [0, 0.1) is 0 Å². The van der Waals surface area contributed by atoms with Gasteiger partial charge in [-0.2, -0.15) is 0 Å². The molecule has 1 heterocycles. The molecule has 1 aromatic heterocycles. The number of aromatic nitrogens is 1. The minimum atomic E-state index is -0.111. The van der Waals surface area contributed by atoms with Crippen LogP contribution in [0.1, 0.15) is 16.1 Å². The Balaban J connectivity index is 1.55. The molecule has 2 aromatic carbocycles. The van der Waals surface area contributed by atoms with E-state index >= 15 is 0 Å². The predicted octanol–water partition coefficient (Wildman–Crippen LogP) is 5.09. The number of nitrogens with one attached hydrogen (secondary N) is 1. The second kappa shape index (κ2) is 7.79. The number of hydrogen-bond donors (Lipinski definition) is 1. The van der Waals surface area contributed by atoms with E-state index in [-0.39, 0.29) is 5.91 Å². The molecule has 0 aliphatic heterocycles. The van der Waals surface area contributed by atoms with E-state index < -0.39 is 0 Å². The molecular formula is C18H14Cl2N2OS. The van der Waals surface area contributed by atoms with E-state index in [0.29, 0.717) is 28.6 Å². The lowest BCUT2D eigenvalue weighted by atomic mass is 10.2. The number of carbonyl (C=O) groups excluding carboxylic acids is 1. The number of nitrogens with zero attached hydrogens (tertiary/aromatic N) is 1. The molecule has 6 heteroatoms. The fourth-order valence-electron chi connectivity index (χ4n) is 2.15. The molecule has 0 saturated heterocycles. The maximum absolute atomic E-state index is 12.0. The van der Waals surface area contributed by atoms with Crippen molar-refractivity contribution in [3.8, 4) is 10.6 Å². The third kappa shape index (κ3) is 4.35. The van der Waals surface area contributed by atoms with Gasteiger partial charge >= 0.3 is 0 Å². The third-order valence-corrected chi connectivity index (χ3v) is 4.86. The monoisotopic (exact) mass is 376 g/mol. The van der Waals surface area contributed by atoms with Crippen molar-refractivity contribution < 1.29 is 4.79 Å². The highest BCUT2D eigenvalue weighted by Crippen LogP contribution is 2.25. The minimum Gasteiger partial charge on any atom is -0.352 e. The number of rotatable bonds is 5. The maximum Gasteiger partial charge on any atom is 0.251 e. The number of thiazole rings is 1. The first-order valence-electron chi connectivity index (χ1n) is 7.36. The molecule has 0 aliphatic carbocycles. The first-order chi connectivity index (χ1) is 11.6. The van der Waals surface area contributed by atoms with Crippen LogP contribution in [0.3, 0.4) is 0 Å². The lowest BCUT2D eigenvalue weighted by Crippen LogP contribution is -2.25. The lowest BCUT2D eigenvalue weighted by Gasteiger charge is -2.04. The van der Waals surface area contributed by atoms with Gasteiger partial charge in [0.2, 0.25) is 0 Å². The number of benzene rings is 2. The molecule has 0 spiro atoms. The van der Waals surface area contributed by atoms with Gasteiger partial charge in [0.1, 0.15) is 5.01 Å². The van der Waals surface area contributed by atoms with E-state index in [9.17, 15) is 4.79 Å². The van der Waals surface area contributed by atoms with Gasteiger partial charge in [0, 0.05) is 39.5 Å². The predicted molar refractivity (Wildman–Crippen MR) is 100 cm³/mol. The smallest absolute Gasteiger partial charge is 0.251 e. The van der Waals surface area contributed by atoms with Crippen LogP contribution in [0.25, 0.3) is 10.6 Å². The second-order valence-electron chi connectivity index (χ2n) is 5.16. The number of halogens is 2. The Morgan fingerprint density at radius 2 is 1.62 bits per heavy atom. The van der Waals surface area contributed by atoms with E-state index in [0.717, 1.165) is 16.3 Å². The highest BCUT2D eigenvalue weighted by atomic mass is 35.5. The summed E-state index contributed by atoms with van der Waals surface area (Å²) in [7, 11) is 0. The quantitative estimate of drug-likeness (QED) is 0.673. The fourth-order valence-corrected chi connectivity index (χ4v) is 3.27. The van der Waals surface area contributed by atoms with Crippen LogP contribution >= 0.6 is 34.5 Å². The average Bonchev–Trinajstić information content (AvgIpc) is 3.05. The van der Waals surface area contributed by atoms with Gasteiger partial charge in [-0.05, 0) is 36.4 Å². The molecule has 3 rings (SSSR count). The van der Waals surface area contributed by atoms with Crippen molar-refractivity contribution in [2.45, 2.75) is 6.42 Å². The summed E-state index contributed by atoms with van der Waals surface area (Å²) in [4.78, 5) is 16.6. The average molecular weight is 377 g/mol. The molecule has 0 unspecified atom stereocenters. The van der Waals surface area contributed by atoms with Crippen molar-refractivity contribution >= 4 is 40.4 Å².